The molecule has 1 aliphatic rings. The molecule has 0 aliphatic carbocycles. The van der Waals surface area contributed by atoms with Crippen molar-refractivity contribution in [2.24, 2.45) is 17.6 Å². The average Bonchev–Trinajstić information content (AvgIpc) is 2.38. The standard InChI is InChI=1S/C16H24F2N2/c1-10-6-11(2)12(3)20(9-10)16(8-19)14-5-4-13(17)7-15(14)18/h4-5,7,10-12,16H,6,8-9,19H2,1-3H3. The minimum absolute atomic E-state index is 0.184. The first-order valence-electron chi connectivity index (χ1n) is 7.34. The number of halogens is 2. The van der Waals surface area contributed by atoms with Gasteiger partial charge in [0.25, 0.3) is 0 Å². The molecule has 4 unspecified atom stereocenters. The summed E-state index contributed by atoms with van der Waals surface area (Å²) in [6.07, 6.45) is 1.18. The molecule has 4 heteroatoms. The molecule has 0 bridgehead atoms. The van der Waals surface area contributed by atoms with Crippen LogP contribution in [0, 0.1) is 23.5 Å². The number of rotatable bonds is 3. The van der Waals surface area contributed by atoms with E-state index in [9.17, 15) is 8.78 Å². The number of hydrogen-bond acceptors (Lipinski definition) is 2. The van der Waals surface area contributed by atoms with Gasteiger partial charge in [0, 0.05) is 30.8 Å². The molecule has 0 saturated carbocycles. The topological polar surface area (TPSA) is 29.3 Å². The van der Waals surface area contributed by atoms with Gasteiger partial charge in [-0.2, -0.15) is 0 Å². The van der Waals surface area contributed by atoms with Crippen LogP contribution in [-0.2, 0) is 0 Å². The lowest BCUT2D eigenvalue weighted by Crippen LogP contribution is -2.49. The lowest BCUT2D eigenvalue weighted by atomic mass is 9.84. The van der Waals surface area contributed by atoms with Gasteiger partial charge in [0.15, 0.2) is 0 Å². The summed E-state index contributed by atoms with van der Waals surface area (Å²) in [7, 11) is 0. The summed E-state index contributed by atoms with van der Waals surface area (Å²) in [5.41, 5.74) is 6.40. The van der Waals surface area contributed by atoms with Crippen molar-refractivity contribution in [3.8, 4) is 0 Å². The first-order valence-corrected chi connectivity index (χ1v) is 7.34. The summed E-state index contributed by atoms with van der Waals surface area (Å²) in [6.45, 7) is 7.85. The van der Waals surface area contributed by atoms with Gasteiger partial charge in [-0.05, 0) is 31.2 Å². The Morgan fingerprint density at radius 2 is 2.00 bits per heavy atom. The first-order chi connectivity index (χ1) is 9.43. The summed E-state index contributed by atoms with van der Waals surface area (Å²) >= 11 is 0. The van der Waals surface area contributed by atoms with Crippen LogP contribution in [-0.4, -0.2) is 24.0 Å². The molecule has 1 heterocycles. The fraction of sp³-hybridized carbons (Fsp3) is 0.625. The molecule has 1 fully saturated rings. The molecule has 2 nitrogen and oxygen atoms in total. The van der Waals surface area contributed by atoms with E-state index in [1.165, 1.54) is 18.6 Å². The van der Waals surface area contributed by atoms with Crippen molar-refractivity contribution in [2.75, 3.05) is 13.1 Å². The Morgan fingerprint density at radius 3 is 2.60 bits per heavy atom. The van der Waals surface area contributed by atoms with Gasteiger partial charge in [0.1, 0.15) is 11.6 Å². The van der Waals surface area contributed by atoms with Crippen LogP contribution in [0.2, 0.25) is 0 Å². The van der Waals surface area contributed by atoms with Crippen LogP contribution < -0.4 is 5.73 Å². The van der Waals surface area contributed by atoms with Crippen molar-refractivity contribution in [2.45, 2.75) is 39.3 Å². The van der Waals surface area contributed by atoms with Gasteiger partial charge in [-0.1, -0.05) is 19.9 Å². The van der Waals surface area contributed by atoms with E-state index in [-0.39, 0.29) is 6.04 Å². The molecule has 1 aromatic carbocycles. The third-order valence-corrected chi connectivity index (χ3v) is 4.59. The second kappa shape index (κ2) is 6.19. The normalized spacial score (nSPS) is 29.4. The number of likely N-dealkylation sites (tertiary alicyclic amines) is 1. The third-order valence-electron chi connectivity index (χ3n) is 4.59. The van der Waals surface area contributed by atoms with Crippen molar-refractivity contribution >= 4 is 0 Å². The Labute approximate surface area is 120 Å². The molecule has 4 atom stereocenters. The van der Waals surface area contributed by atoms with E-state index in [2.05, 4.69) is 25.7 Å². The molecule has 20 heavy (non-hydrogen) atoms. The second-order valence-corrected chi connectivity index (χ2v) is 6.17. The van der Waals surface area contributed by atoms with Crippen LogP contribution in [0.1, 0.15) is 38.8 Å². The lowest BCUT2D eigenvalue weighted by molar-refractivity contribution is 0.0411. The van der Waals surface area contributed by atoms with Gasteiger partial charge in [-0.3, -0.25) is 4.90 Å². The maximum atomic E-state index is 14.0. The summed E-state index contributed by atoms with van der Waals surface area (Å²) in [4.78, 5) is 2.27. The molecule has 0 spiro atoms. The Balaban J connectivity index is 2.31. The predicted octanol–water partition coefficient (Wildman–Crippen LogP) is 3.33. The van der Waals surface area contributed by atoms with Gasteiger partial charge in [-0.15, -0.1) is 0 Å². The third kappa shape index (κ3) is 3.01. The fourth-order valence-electron chi connectivity index (χ4n) is 3.38. The summed E-state index contributed by atoms with van der Waals surface area (Å²) in [6, 6.07) is 3.95. The average molecular weight is 282 g/mol. The monoisotopic (exact) mass is 282 g/mol. The van der Waals surface area contributed by atoms with E-state index in [4.69, 9.17) is 5.73 Å². The molecule has 1 aromatic rings. The first kappa shape index (κ1) is 15.4. The molecule has 1 saturated heterocycles. The van der Waals surface area contributed by atoms with E-state index < -0.39 is 11.6 Å². The molecule has 2 rings (SSSR count). The maximum absolute atomic E-state index is 14.0. The van der Waals surface area contributed by atoms with Crippen LogP contribution in [0.25, 0.3) is 0 Å². The largest absolute Gasteiger partial charge is 0.329 e. The quantitative estimate of drug-likeness (QED) is 0.921. The molecule has 2 N–H and O–H groups in total. The fourth-order valence-corrected chi connectivity index (χ4v) is 3.38. The van der Waals surface area contributed by atoms with Gasteiger partial charge in [0.05, 0.1) is 6.04 Å². The van der Waals surface area contributed by atoms with Gasteiger partial charge in [-0.25, -0.2) is 8.78 Å². The van der Waals surface area contributed by atoms with E-state index >= 15 is 0 Å². The van der Waals surface area contributed by atoms with E-state index in [0.717, 1.165) is 12.6 Å². The molecule has 0 aromatic heterocycles. The highest BCUT2D eigenvalue weighted by Crippen LogP contribution is 2.34. The molecule has 0 amide bonds. The maximum Gasteiger partial charge on any atom is 0.130 e. The minimum atomic E-state index is -0.546. The van der Waals surface area contributed by atoms with Crippen LogP contribution in [0.3, 0.4) is 0 Å². The predicted molar refractivity (Wildman–Crippen MR) is 77.3 cm³/mol. The van der Waals surface area contributed by atoms with E-state index in [1.54, 1.807) is 0 Å². The zero-order valence-electron chi connectivity index (χ0n) is 12.4. The molecule has 1 aliphatic heterocycles. The SMILES string of the molecule is CC1CC(C)C(C)N(C(CN)c2ccc(F)cc2F)C1. The zero-order valence-corrected chi connectivity index (χ0v) is 12.4. The van der Waals surface area contributed by atoms with Gasteiger partial charge in [0.2, 0.25) is 0 Å². The Kier molecular flexibility index (Phi) is 4.76. The van der Waals surface area contributed by atoms with Crippen molar-refractivity contribution < 1.29 is 8.78 Å². The van der Waals surface area contributed by atoms with E-state index in [1.807, 2.05) is 0 Å². The van der Waals surface area contributed by atoms with Crippen LogP contribution in [0.15, 0.2) is 18.2 Å². The van der Waals surface area contributed by atoms with Crippen LogP contribution in [0.4, 0.5) is 8.78 Å². The van der Waals surface area contributed by atoms with Gasteiger partial charge < -0.3 is 5.73 Å². The van der Waals surface area contributed by atoms with E-state index in [0.29, 0.717) is 30.0 Å². The number of piperidine rings is 1. The van der Waals surface area contributed by atoms with Crippen LogP contribution >= 0.6 is 0 Å². The smallest absolute Gasteiger partial charge is 0.130 e. The molecular weight excluding hydrogens is 258 g/mol. The Hall–Kier alpha value is -1.00. The van der Waals surface area contributed by atoms with Crippen LogP contribution in [0.5, 0.6) is 0 Å². The number of hydrogen-bond donors (Lipinski definition) is 1. The number of benzene rings is 1. The highest BCUT2D eigenvalue weighted by Gasteiger charge is 2.34. The lowest BCUT2D eigenvalue weighted by Gasteiger charge is -2.45. The molecule has 0 radical (unpaired) electrons. The van der Waals surface area contributed by atoms with Crippen molar-refractivity contribution in [1.29, 1.82) is 0 Å². The van der Waals surface area contributed by atoms with Crippen molar-refractivity contribution in [1.82, 2.24) is 4.90 Å². The summed E-state index contributed by atoms with van der Waals surface area (Å²) in [5, 5.41) is 0. The highest BCUT2D eigenvalue weighted by atomic mass is 19.1. The number of nitrogens with two attached hydrogens (primary N) is 1. The van der Waals surface area contributed by atoms with Crippen molar-refractivity contribution in [3.05, 3.63) is 35.4 Å². The highest BCUT2D eigenvalue weighted by molar-refractivity contribution is 5.23. The number of nitrogens with zero attached hydrogens (tertiary/aromatic N) is 1. The summed E-state index contributed by atoms with van der Waals surface area (Å²) < 4.78 is 27.1. The Bertz CT molecular complexity index is 464. The summed E-state index contributed by atoms with van der Waals surface area (Å²) in [5.74, 6) is 0.0732. The molecular formula is C16H24F2N2. The Morgan fingerprint density at radius 1 is 1.30 bits per heavy atom. The second-order valence-electron chi connectivity index (χ2n) is 6.17. The zero-order chi connectivity index (χ0) is 14.9. The molecule has 112 valence electrons. The van der Waals surface area contributed by atoms with Crippen molar-refractivity contribution in [3.63, 3.8) is 0 Å². The van der Waals surface area contributed by atoms with Gasteiger partial charge >= 0.3 is 0 Å². The minimum Gasteiger partial charge on any atom is -0.329 e.